The summed E-state index contributed by atoms with van der Waals surface area (Å²) in [5.41, 5.74) is 0.0360. The molecule has 0 aliphatic rings. The molecule has 0 aromatic carbocycles. The van der Waals surface area contributed by atoms with Gasteiger partial charge >= 0.3 is 5.97 Å². The zero-order valence-corrected chi connectivity index (χ0v) is 13.0. The molecule has 0 bridgehead atoms. The number of carbonyl (C=O) groups excluding carboxylic acids is 1. The number of rotatable bonds is 9. The lowest BCUT2D eigenvalue weighted by Gasteiger charge is -2.26. The molecule has 0 radical (unpaired) electrons. The minimum Gasteiger partial charge on any atom is -0.460 e. The smallest absolute Gasteiger partial charge is 0.333 e. The van der Waals surface area contributed by atoms with Crippen molar-refractivity contribution in [3.63, 3.8) is 0 Å². The van der Waals surface area contributed by atoms with Gasteiger partial charge in [0.1, 0.15) is 6.61 Å². The molecule has 0 aliphatic carbocycles. The topological polar surface area (TPSA) is 55.8 Å². The first-order valence-electron chi connectivity index (χ1n) is 5.14. The zero-order valence-electron chi connectivity index (χ0n) is 9.88. The fourth-order valence-electron chi connectivity index (χ4n) is 0.848. The Morgan fingerprint density at radius 3 is 2.35 bits per heavy atom. The molecule has 0 spiro atoms. The van der Waals surface area contributed by atoms with Gasteiger partial charge in [-0.15, -0.1) is 0 Å². The lowest BCUT2D eigenvalue weighted by atomic mass is 9.96. The fourth-order valence-corrected chi connectivity index (χ4v) is 2.46. The summed E-state index contributed by atoms with van der Waals surface area (Å²) in [6.07, 6.45) is 0. The third-order valence-corrected chi connectivity index (χ3v) is 4.50. The maximum atomic E-state index is 11.0. The molecule has 0 fully saturated rings. The Morgan fingerprint density at radius 2 is 1.94 bits per heavy atom. The van der Waals surface area contributed by atoms with E-state index in [0.717, 1.165) is 0 Å². The number of alkyl halides is 2. The van der Waals surface area contributed by atoms with E-state index in [1.807, 2.05) is 0 Å². The van der Waals surface area contributed by atoms with Crippen molar-refractivity contribution in [3.05, 3.63) is 12.2 Å². The summed E-state index contributed by atoms with van der Waals surface area (Å²) < 4.78 is 10.2. The molecule has 1 N–H and O–H groups in total. The SMILES string of the molecule is C=C(C)C(=O)OCCOCC(CO)(CBr)CBr. The van der Waals surface area contributed by atoms with E-state index in [1.165, 1.54) is 0 Å². The van der Waals surface area contributed by atoms with Crippen molar-refractivity contribution in [2.24, 2.45) is 5.41 Å². The highest BCUT2D eigenvalue weighted by Gasteiger charge is 2.27. The molecule has 4 nitrogen and oxygen atoms in total. The van der Waals surface area contributed by atoms with Crippen LogP contribution in [0, 0.1) is 5.41 Å². The molecule has 6 heteroatoms. The number of halogens is 2. The predicted octanol–water partition coefficient (Wildman–Crippen LogP) is 1.89. The summed E-state index contributed by atoms with van der Waals surface area (Å²) in [6, 6.07) is 0. The molecule has 0 aliphatic heterocycles. The van der Waals surface area contributed by atoms with Crippen molar-refractivity contribution >= 4 is 37.8 Å². The molecule has 0 saturated heterocycles. The maximum Gasteiger partial charge on any atom is 0.333 e. The lowest BCUT2D eigenvalue weighted by molar-refractivity contribution is -0.140. The highest BCUT2D eigenvalue weighted by molar-refractivity contribution is 9.09. The third-order valence-electron chi connectivity index (χ3n) is 2.12. The number of carbonyl (C=O) groups is 1. The molecule has 17 heavy (non-hydrogen) atoms. The number of aliphatic hydroxyl groups is 1. The number of aliphatic hydroxyl groups excluding tert-OH is 1. The van der Waals surface area contributed by atoms with Gasteiger partial charge < -0.3 is 14.6 Å². The normalized spacial score (nSPS) is 11.3. The van der Waals surface area contributed by atoms with Crippen LogP contribution >= 0.6 is 31.9 Å². The number of hydrogen-bond donors (Lipinski definition) is 1. The van der Waals surface area contributed by atoms with Crippen molar-refractivity contribution in [1.82, 2.24) is 0 Å². The zero-order chi connectivity index (χ0) is 13.3. The summed E-state index contributed by atoms with van der Waals surface area (Å²) in [5.74, 6) is -0.414. The fraction of sp³-hybridized carbons (Fsp3) is 0.727. The number of ether oxygens (including phenoxy) is 2. The van der Waals surface area contributed by atoms with Crippen LogP contribution < -0.4 is 0 Å². The largest absolute Gasteiger partial charge is 0.460 e. The minimum absolute atomic E-state index is 0.0229. The van der Waals surface area contributed by atoms with Crippen LogP contribution in [-0.2, 0) is 14.3 Å². The van der Waals surface area contributed by atoms with Gasteiger partial charge in [-0.3, -0.25) is 0 Å². The molecule has 0 atom stereocenters. The van der Waals surface area contributed by atoms with E-state index in [2.05, 4.69) is 38.4 Å². The Balaban J connectivity index is 3.76. The van der Waals surface area contributed by atoms with Crippen molar-refractivity contribution in [3.8, 4) is 0 Å². The Labute approximate surface area is 119 Å². The van der Waals surface area contributed by atoms with Gasteiger partial charge in [-0.1, -0.05) is 38.4 Å². The van der Waals surface area contributed by atoms with Crippen molar-refractivity contribution in [2.45, 2.75) is 6.92 Å². The van der Waals surface area contributed by atoms with Gasteiger partial charge in [0.05, 0.1) is 19.8 Å². The third kappa shape index (κ3) is 6.55. The number of esters is 1. The summed E-state index contributed by atoms with van der Waals surface area (Å²) in [5, 5.41) is 10.5. The average Bonchev–Trinajstić information content (AvgIpc) is 2.34. The second-order valence-electron chi connectivity index (χ2n) is 3.89. The Morgan fingerprint density at radius 1 is 1.35 bits per heavy atom. The summed E-state index contributed by atoms with van der Waals surface area (Å²) in [7, 11) is 0. The van der Waals surface area contributed by atoms with Gasteiger partial charge in [0.2, 0.25) is 0 Å². The van der Waals surface area contributed by atoms with Gasteiger partial charge in [0, 0.05) is 21.6 Å². The van der Waals surface area contributed by atoms with E-state index in [-0.39, 0.29) is 18.6 Å². The summed E-state index contributed by atoms with van der Waals surface area (Å²) >= 11 is 6.68. The van der Waals surface area contributed by atoms with Crippen LogP contribution in [-0.4, -0.2) is 48.2 Å². The van der Waals surface area contributed by atoms with Gasteiger partial charge in [0.25, 0.3) is 0 Å². The van der Waals surface area contributed by atoms with Crippen LogP contribution in [0.3, 0.4) is 0 Å². The maximum absolute atomic E-state index is 11.0. The van der Waals surface area contributed by atoms with Gasteiger partial charge in [0.15, 0.2) is 0 Å². The monoisotopic (exact) mass is 372 g/mol. The van der Waals surface area contributed by atoms with Crippen molar-refractivity contribution in [1.29, 1.82) is 0 Å². The Hall–Kier alpha value is 0.0900. The van der Waals surface area contributed by atoms with Crippen LogP contribution in [0.2, 0.25) is 0 Å². The van der Waals surface area contributed by atoms with Crippen molar-refractivity contribution < 1.29 is 19.4 Å². The summed E-state index contributed by atoms with van der Waals surface area (Å²) in [4.78, 5) is 11.0. The Bertz CT molecular complexity index is 244. The van der Waals surface area contributed by atoms with E-state index in [4.69, 9.17) is 9.47 Å². The summed E-state index contributed by atoms with van der Waals surface area (Å²) in [6.45, 7) is 5.98. The van der Waals surface area contributed by atoms with Crippen LogP contribution in [0.5, 0.6) is 0 Å². The highest BCUT2D eigenvalue weighted by Crippen LogP contribution is 2.22. The molecule has 100 valence electrons. The quantitative estimate of drug-likeness (QED) is 0.290. The van der Waals surface area contributed by atoms with Gasteiger partial charge in [-0.25, -0.2) is 4.79 Å². The standard InChI is InChI=1S/C11H18Br2O4/c1-9(2)10(15)17-4-3-16-8-11(5-12,6-13)7-14/h14H,1,3-8H2,2H3. The molecule has 0 unspecified atom stereocenters. The van der Waals surface area contributed by atoms with Crippen molar-refractivity contribution in [2.75, 3.05) is 37.1 Å². The molecule has 0 saturated carbocycles. The number of hydrogen-bond acceptors (Lipinski definition) is 4. The molecular weight excluding hydrogens is 356 g/mol. The molecule has 0 amide bonds. The minimum atomic E-state index is -0.414. The first kappa shape index (κ1) is 17.1. The van der Waals surface area contributed by atoms with Crippen LogP contribution in [0.15, 0.2) is 12.2 Å². The molecule has 0 aromatic heterocycles. The molecule has 0 rings (SSSR count). The first-order valence-corrected chi connectivity index (χ1v) is 7.39. The van der Waals surface area contributed by atoms with E-state index in [0.29, 0.717) is 29.4 Å². The Kier molecular flexibility index (Phi) is 9.13. The van der Waals surface area contributed by atoms with E-state index >= 15 is 0 Å². The lowest BCUT2D eigenvalue weighted by Crippen LogP contribution is -2.35. The predicted molar refractivity (Wildman–Crippen MR) is 73.7 cm³/mol. The second-order valence-corrected chi connectivity index (χ2v) is 5.02. The molecule has 0 aromatic rings. The first-order chi connectivity index (χ1) is 8.01. The molecular formula is C11H18Br2O4. The van der Waals surface area contributed by atoms with Crippen LogP contribution in [0.4, 0.5) is 0 Å². The average molecular weight is 374 g/mol. The van der Waals surface area contributed by atoms with E-state index in [9.17, 15) is 9.90 Å². The van der Waals surface area contributed by atoms with E-state index < -0.39 is 5.97 Å². The van der Waals surface area contributed by atoms with E-state index in [1.54, 1.807) is 6.92 Å². The van der Waals surface area contributed by atoms with Crippen LogP contribution in [0.25, 0.3) is 0 Å². The highest BCUT2D eigenvalue weighted by atomic mass is 79.9. The molecule has 0 heterocycles. The second kappa shape index (κ2) is 9.08. The van der Waals surface area contributed by atoms with Gasteiger partial charge in [-0.2, -0.15) is 0 Å². The van der Waals surface area contributed by atoms with Crippen LogP contribution in [0.1, 0.15) is 6.92 Å². The van der Waals surface area contributed by atoms with Gasteiger partial charge in [-0.05, 0) is 6.92 Å².